The van der Waals surface area contributed by atoms with Crippen molar-refractivity contribution in [2.24, 2.45) is 0 Å². The van der Waals surface area contributed by atoms with Gasteiger partial charge in [-0.3, -0.25) is 4.79 Å². The molecule has 4 nitrogen and oxygen atoms in total. The minimum atomic E-state index is -0.407. The standard InChI is InChI=1S/C17H17BrFNO3/c1-22-13-5-3-6-14(11-13)23-9-8-20-16(21)10-12-4-2-7-15(18)17(12)19/h2-7,11H,8-10H2,1H3,(H,20,21). The third-order valence-corrected chi connectivity index (χ3v) is 3.73. The summed E-state index contributed by atoms with van der Waals surface area (Å²) < 4.78 is 24.7. The van der Waals surface area contributed by atoms with Gasteiger partial charge in [0.1, 0.15) is 23.9 Å². The zero-order chi connectivity index (χ0) is 16.7. The summed E-state index contributed by atoms with van der Waals surface area (Å²) in [5.41, 5.74) is 0.352. The van der Waals surface area contributed by atoms with Crippen LogP contribution in [-0.2, 0) is 11.2 Å². The first kappa shape index (κ1) is 17.3. The highest BCUT2D eigenvalue weighted by Gasteiger charge is 2.10. The minimum absolute atomic E-state index is 0.00949. The number of halogens is 2. The van der Waals surface area contributed by atoms with Crippen molar-refractivity contribution in [1.82, 2.24) is 5.32 Å². The van der Waals surface area contributed by atoms with Gasteiger partial charge in [0.2, 0.25) is 5.91 Å². The molecule has 0 aliphatic carbocycles. The van der Waals surface area contributed by atoms with Crippen molar-refractivity contribution in [3.8, 4) is 11.5 Å². The average Bonchev–Trinajstić information content (AvgIpc) is 2.56. The molecule has 0 unspecified atom stereocenters. The predicted octanol–water partition coefficient (Wildman–Crippen LogP) is 3.33. The minimum Gasteiger partial charge on any atom is -0.497 e. The lowest BCUT2D eigenvalue weighted by Crippen LogP contribution is -2.29. The van der Waals surface area contributed by atoms with E-state index < -0.39 is 5.82 Å². The first-order chi connectivity index (χ1) is 11.1. The molecule has 0 aliphatic heterocycles. The van der Waals surface area contributed by atoms with Gasteiger partial charge in [-0.15, -0.1) is 0 Å². The van der Waals surface area contributed by atoms with Gasteiger partial charge in [0.05, 0.1) is 24.5 Å². The predicted molar refractivity (Wildman–Crippen MR) is 89.3 cm³/mol. The second-order valence-corrected chi connectivity index (χ2v) is 5.62. The molecule has 6 heteroatoms. The van der Waals surface area contributed by atoms with Crippen LogP contribution in [0.5, 0.6) is 11.5 Å². The van der Waals surface area contributed by atoms with Crippen LogP contribution in [0.2, 0.25) is 0 Å². The van der Waals surface area contributed by atoms with Crippen molar-refractivity contribution in [1.29, 1.82) is 0 Å². The number of carbonyl (C=O) groups excluding carboxylic acids is 1. The summed E-state index contributed by atoms with van der Waals surface area (Å²) >= 11 is 3.10. The molecule has 0 bridgehead atoms. The molecule has 0 radical (unpaired) electrons. The number of nitrogens with one attached hydrogen (secondary N) is 1. The van der Waals surface area contributed by atoms with E-state index in [0.717, 1.165) is 0 Å². The maximum atomic E-state index is 13.8. The lowest BCUT2D eigenvalue weighted by molar-refractivity contribution is -0.120. The summed E-state index contributed by atoms with van der Waals surface area (Å²) in [6.07, 6.45) is -0.00949. The fourth-order valence-electron chi connectivity index (χ4n) is 1.97. The number of hydrogen-bond donors (Lipinski definition) is 1. The second kappa shape index (κ2) is 8.53. The van der Waals surface area contributed by atoms with E-state index in [1.807, 2.05) is 12.1 Å². The molecule has 0 spiro atoms. The van der Waals surface area contributed by atoms with Crippen LogP contribution < -0.4 is 14.8 Å². The molecule has 0 saturated carbocycles. The van der Waals surface area contributed by atoms with Crippen LogP contribution in [0.15, 0.2) is 46.9 Å². The van der Waals surface area contributed by atoms with Crippen molar-refractivity contribution in [2.45, 2.75) is 6.42 Å². The normalized spacial score (nSPS) is 10.2. The molecule has 2 rings (SSSR count). The summed E-state index contributed by atoms with van der Waals surface area (Å²) in [6.45, 7) is 0.658. The number of hydrogen-bond acceptors (Lipinski definition) is 3. The SMILES string of the molecule is COc1cccc(OCCNC(=O)Cc2cccc(Br)c2F)c1. The molecule has 2 aromatic rings. The number of methoxy groups -OCH3 is 1. The van der Waals surface area contributed by atoms with Crippen LogP contribution in [0.1, 0.15) is 5.56 Å². The van der Waals surface area contributed by atoms with E-state index in [4.69, 9.17) is 9.47 Å². The van der Waals surface area contributed by atoms with E-state index >= 15 is 0 Å². The number of rotatable bonds is 7. The smallest absolute Gasteiger partial charge is 0.224 e. The van der Waals surface area contributed by atoms with Crippen molar-refractivity contribution in [3.63, 3.8) is 0 Å². The highest BCUT2D eigenvalue weighted by Crippen LogP contribution is 2.19. The zero-order valence-electron chi connectivity index (χ0n) is 12.6. The first-order valence-electron chi connectivity index (χ1n) is 7.06. The lowest BCUT2D eigenvalue weighted by Gasteiger charge is -2.09. The highest BCUT2D eigenvalue weighted by molar-refractivity contribution is 9.10. The highest BCUT2D eigenvalue weighted by atomic mass is 79.9. The number of amides is 1. The number of benzene rings is 2. The van der Waals surface area contributed by atoms with Gasteiger partial charge in [-0.05, 0) is 39.7 Å². The Hall–Kier alpha value is -2.08. The molecule has 23 heavy (non-hydrogen) atoms. The molecule has 2 aromatic carbocycles. The van der Waals surface area contributed by atoms with Crippen LogP contribution in [0.25, 0.3) is 0 Å². The van der Waals surface area contributed by atoms with E-state index in [-0.39, 0.29) is 12.3 Å². The summed E-state index contributed by atoms with van der Waals surface area (Å²) in [5.74, 6) is 0.708. The van der Waals surface area contributed by atoms with Gasteiger partial charge in [0, 0.05) is 6.07 Å². The van der Waals surface area contributed by atoms with Gasteiger partial charge < -0.3 is 14.8 Å². The Labute approximate surface area is 142 Å². The van der Waals surface area contributed by atoms with Crippen LogP contribution in [0.3, 0.4) is 0 Å². The molecule has 122 valence electrons. The Balaban J connectivity index is 1.75. The number of ether oxygens (including phenoxy) is 2. The molecule has 1 N–H and O–H groups in total. The third kappa shape index (κ3) is 5.25. The van der Waals surface area contributed by atoms with Crippen molar-refractivity contribution < 1.29 is 18.7 Å². The molecule has 0 aromatic heterocycles. The van der Waals surface area contributed by atoms with Gasteiger partial charge >= 0.3 is 0 Å². The Bertz CT molecular complexity index is 679. The summed E-state index contributed by atoms with van der Waals surface area (Å²) in [6, 6.07) is 12.1. The summed E-state index contributed by atoms with van der Waals surface area (Å²) in [4.78, 5) is 11.8. The van der Waals surface area contributed by atoms with E-state index in [2.05, 4.69) is 21.2 Å². The van der Waals surface area contributed by atoms with Crippen molar-refractivity contribution in [3.05, 3.63) is 58.3 Å². The van der Waals surface area contributed by atoms with Crippen LogP contribution >= 0.6 is 15.9 Å². The topological polar surface area (TPSA) is 47.6 Å². The van der Waals surface area contributed by atoms with Crippen molar-refractivity contribution in [2.75, 3.05) is 20.3 Å². The zero-order valence-corrected chi connectivity index (χ0v) is 14.2. The third-order valence-electron chi connectivity index (χ3n) is 3.12. The van der Waals surface area contributed by atoms with Crippen LogP contribution in [0, 0.1) is 5.82 Å². The maximum Gasteiger partial charge on any atom is 0.224 e. The van der Waals surface area contributed by atoms with Gasteiger partial charge in [-0.2, -0.15) is 0 Å². The van der Waals surface area contributed by atoms with Gasteiger partial charge in [-0.25, -0.2) is 4.39 Å². The quantitative estimate of drug-likeness (QED) is 0.748. The monoisotopic (exact) mass is 381 g/mol. The molecular weight excluding hydrogens is 365 g/mol. The Morgan fingerprint density at radius 2 is 1.96 bits per heavy atom. The molecule has 0 heterocycles. The van der Waals surface area contributed by atoms with Gasteiger partial charge in [-0.1, -0.05) is 18.2 Å². The summed E-state index contributed by atoms with van der Waals surface area (Å²) in [7, 11) is 1.58. The van der Waals surface area contributed by atoms with Gasteiger partial charge in [0.25, 0.3) is 0 Å². The van der Waals surface area contributed by atoms with Gasteiger partial charge in [0.15, 0.2) is 0 Å². The van der Waals surface area contributed by atoms with E-state index in [9.17, 15) is 9.18 Å². The largest absolute Gasteiger partial charge is 0.497 e. The Kier molecular flexibility index (Phi) is 6.40. The molecule has 0 fully saturated rings. The Morgan fingerprint density at radius 1 is 1.22 bits per heavy atom. The molecule has 0 atom stereocenters. The maximum absolute atomic E-state index is 13.8. The first-order valence-corrected chi connectivity index (χ1v) is 7.86. The van der Waals surface area contributed by atoms with Crippen molar-refractivity contribution >= 4 is 21.8 Å². The fourth-order valence-corrected chi connectivity index (χ4v) is 2.38. The van der Waals surface area contributed by atoms with E-state index in [1.165, 1.54) is 0 Å². The van der Waals surface area contributed by atoms with E-state index in [1.54, 1.807) is 37.4 Å². The molecule has 1 amide bonds. The average molecular weight is 382 g/mol. The molecule has 0 aliphatic rings. The Morgan fingerprint density at radius 3 is 2.74 bits per heavy atom. The van der Waals surface area contributed by atoms with E-state index in [0.29, 0.717) is 34.7 Å². The second-order valence-electron chi connectivity index (χ2n) is 4.77. The van der Waals surface area contributed by atoms with Crippen LogP contribution in [-0.4, -0.2) is 26.2 Å². The summed E-state index contributed by atoms with van der Waals surface area (Å²) in [5, 5.41) is 2.70. The fraction of sp³-hybridized carbons (Fsp3) is 0.235. The lowest BCUT2D eigenvalue weighted by atomic mass is 10.1. The molecular formula is C17H17BrFNO3. The number of carbonyl (C=O) groups is 1. The van der Waals surface area contributed by atoms with Crippen LogP contribution in [0.4, 0.5) is 4.39 Å². The molecule has 0 saturated heterocycles.